The van der Waals surface area contributed by atoms with Crippen molar-refractivity contribution < 1.29 is 19.1 Å². The van der Waals surface area contributed by atoms with Crippen molar-refractivity contribution in [3.8, 4) is 0 Å². The Morgan fingerprint density at radius 2 is 1.94 bits per heavy atom. The van der Waals surface area contributed by atoms with Crippen molar-refractivity contribution in [2.75, 3.05) is 27.2 Å². The van der Waals surface area contributed by atoms with Crippen LogP contribution in [0.15, 0.2) is 48.2 Å². The average Bonchev–Trinajstić information content (AvgIpc) is 3.21. The van der Waals surface area contributed by atoms with E-state index in [9.17, 15) is 19.1 Å². The maximum absolute atomic E-state index is 14.1. The van der Waals surface area contributed by atoms with E-state index in [-0.39, 0.29) is 17.9 Å². The van der Waals surface area contributed by atoms with Gasteiger partial charge >= 0.3 is 0 Å². The first-order valence-corrected chi connectivity index (χ1v) is 10.3. The van der Waals surface area contributed by atoms with Crippen LogP contribution in [-0.2, 0) is 9.59 Å². The lowest BCUT2D eigenvalue weighted by molar-refractivity contribution is -0.140. The summed E-state index contributed by atoms with van der Waals surface area (Å²) in [5.41, 5.74) is 2.78. The van der Waals surface area contributed by atoms with Gasteiger partial charge < -0.3 is 14.9 Å². The van der Waals surface area contributed by atoms with Crippen LogP contribution >= 0.6 is 0 Å². The molecule has 2 aromatic heterocycles. The molecule has 4 rings (SSSR count). The minimum Gasteiger partial charge on any atom is -0.505 e. The molecule has 0 spiro atoms. The summed E-state index contributed by atoms with van der Waals surface area (Å²) >= 11 is 0. The number of likely N-dealkylation sites (tertiary alicyclic amines) is 1. The topological polar surface area (TPSA) is 78.1 Å². The molecule has 0 saturated carbocycles. The van der Waals surface area contributed by atoms with Crippen LogP contribution in [0.25, 0.3) is 11.4 Å². The molecule has 1 aliphatic rings. The number of ketones is 1. The number of nitrogens with zero attached hydrogens (tertiary/aromatic N) is 4. The molecule has 7 nitrogen and oxygen atoms in total. The van der Waals surface area contributed by atoms with Gasteiger partial charge in [-0.15, -0.1) is 0 Å². The smallest absolute Gasteiger partial charge is 0.295 e. The summed E-state index contributed by atoms with van der Waals surface area (Å²) in [6.07, 6.45) is 1.75. The van der Waals surface area contributed by atoms with Crippen LogP contribution in [0, 0.1) is 19.7 Å². The highest BCUT2D eigenvalue weighted by molar-refractivity contribution is 6.46. The third-order valence-electron chi connectivity index (χ3n) is 5.74. The first-order valence-electron chi connectivity index (χ1n) is 10.3. The third-order valence-corrected chi connectivity index (χ3v) is 5.74. The molecular weight excluding hydrogens is 411 g/mol. The number of fused-ring (bicyclic) bond motifs is 1. The summed E-state index contributed by atoms with van der Waals surface area (Å²) in [6.45, 7) is 4.40. The Labute approximate surface area is 185 Å². The molecule has 0 aliphatic carbocycles. The van der Waals surface area contributed by atoms with Gasteiger partial charge in [-0.1, -0.05) is 18.2 Å². The van der Waals surface area contributed by atoms with Gasteiger partial charge in [-0.25, -0.2) is 9.37 Å². The molecule has 166 valence electrons. The molecule has 8 heteroatoms. The Bertz CT molecular complexity index is 1260. The van der Waals surface area contributed by atoms with E-state index in [0.717, 1.165) is 5.56 Å². The number of imidazole rings is 1. The van der Waals surface area contributed by atoms with Gasteiger partial charge in [-0.3, -0.25) is 14.0 Å². The number of aliphatic hydroxyl groups is 1. The Hall–Kier alpha value is -3.52. The number of pyridine rings is 1. The van der Waals surface area contributed by atoms with E-state index in [0.29, 0.717) is 29.1 Å². The quantitative estimate of drug-likeness (QED) is 0.378. The zero-order valence-corrected chi connectivity index (χ0v) is 18.5. The lowest BCUT2D eigenvalue weighted by Gasteiger charge is -2.26. The number of carbonyl (C=O) groups excluding carboxylic acids is 2. The second-order valence-electron chi connectivity index (χ2n) is 8.28. The Morgan fingerprint density at radius 1 is 1.19 bits per heavy atom. The molecule has 1 saturated heterocycles. The predicted octanol–water partition coefficient (Wildman–Crippen LogP) is 3.07. The molecular formula is C24H25FN4O3. The van der Waals surface area contributed by atoms with Crippen LogP contribution < -0.4 is 0 Å². The van der Waals surface area contributed by atoms with Gasteiger partial charge in [0.2, 0.25) is 0 Å². The van der Waals surface area contributed by atoms with E-state index in [1.54, 1.807) is 23.6 Å². The largest absolute Gasteiger partial charge is 0.505 e. The van der Waals surface area contributed by atoms with Crippen molar-refractivity contribution in [3.05, 3.63) is 76.5 Å². The number of likely N-dealkylation sites (N-methyl/N-ethyl adjacent to an activating group) is 1. The van der Waals surface area contributed by atoms with Crippen molar-refractivity contribution >= 4 is 23.1 Å². The van der Waals surface area contributed by atoms with Gasteiger partial charge in [0, 0.05) is 19.3 Å². The lowest BCUT2D eigenvalue weighted by Crippen LogP contribution is -2.35. The van der Waals surface area contributed by atoms with Gasteiger partial charge in [-0.05, 0) is 57.3 Å². The molecule has 0 radical (unpaired) electrons. The maximum Gasteiger partial charge on any atom is 0.295 e. The molecule has 0 bridgehead atoms. The molecule has 32 heavy (non-hydrogen) atoms. The minimum atomic E-state index is -0.902. The predicted molar refractivity (Wildman–Crippen MR) is 119 cm³/mol. The Balaban J connectivity index is 1.95. The fourth-order valence-corrected chi connectivity index (χ4v) is 4.17. The number of Topliss-reactive ketones (excluding diaryl/α,β-unsaturated/α-hetero) is 1. The molecule has 1 amide bonds. The monoisotopic (exact) mass is 436 g/mol. The molecule has 1 aromatic carbocycles. The summed E-state index contributed by atoms with van der Waals surface area (Å²) in [7, 11) is 3.72. The highest BCUT2D eigenvalue weighted by Crippen LogP contribution is 2.40. The van der Waals surface area contributed by atoms with Gasteiger partial charge in [0.1, 0.15) is 17.2 Å². The molecule has 3 aromatic rings. The number of aliphatic hydroxyl groups excluding tert-OH is 1. The SMILES string of the molecule is Cc1nc2c(C)cccn2c1C(O)=C1C(=O)C(=O)N(CCN(C)C)[C@H]1c1cccc(F)c1. The third kappa shape index (κ3) is 3.56. The van der Waals surface area contributed by atoms with Crippen molar-refractivity contribution in [2.45, 2.75) is 19.9 Å². The van der Waals surface area contributed by atoms with Crippen LogP contribution in [-0.4, -0.2) is 63.2 Å². The number of halogens is 1. The Morgan fingerprint density at radius 3 is 2.62 bits per heavy atom. The van der Waals surface area contributed by atoms with E-state index >= 15 is 0 Å². The summed E-state index contributed by atoms with van der Waals surface area (Å²) < 4.78 is 15.8. The fraction of sp³-hybridized carbons (Fsp3) is 0.292. The number of amides is 1. The number of rotatable bonds is 5. The summed E-state index contributed by atoms with van der Waals surface area (Å²) in [5.74, 6) is -2.31. The second-order valence-corrected chi connectivity index (χ2v) is 8.28. The van der Waals surface area contributed by atoms with Gasteiger partial charge in [0.05, 0.1) is 17.3 Å². The van der Waals surface area contributed by atoms with Crippen molar-refractivity contribution in [2.24, 2.45) is 0 Å². The van der Waals surface area contributed by atoms with E-state index in [4.69, 9.17) is 0 Å². The van der Waals surface area contributed by atoms with Gasteiger partial charge in [-0.2, -0.15) is 0 Å². The standard InChI is InChI=1S/C24H25FN4O3/c1-14-7-6-10-28-19(15(2)26-23(14)28)21(30)18-20(16-8-5-9-17(25)13-16)29(12-11-27(3)4)24(32)22(18)31/h5-10,13,20,30H,11-12H2,1-4H3/t20-/m0/s1. The summed E-state index contributed by atoms with van der Waals surface area (Å²) in [5, 5.41) is 11.4. The number of aryl methyl sites for hydroxylation is 2. The van der Waals surface area contributed by atoms with E-state index in [1.807, 2.05) is 38.1 Å². The van der Waals surface area contributed by atoms with Crippen LogP contribution in [0.4, 0.5) is 4.39 Å². The first-order chi connectivity index (χ1) is 15.2. The van der Waals surface area contributed by atoms with Crippen LogP contribution in [0.3, 0.4) is 0 Å². The number of hydrogen-bond acceptors (Lipinski definition) is 5. The van der Waals surface area contributed by atoms with E-state index in [1.165, 1.54) is 23.1 Å². The van der Waals surface area contributed by atoms with E-state index in [2.05, 4.69) is 4.98 Å². The highest BCUT2D eigenvalue weighted by atomic mass is 19.1. The number of carbonyl (C=O) groups is 2. The van der Waals surface area contributed by atoms with E-state index < -0.39 is 23.5 Å². The lowest BCUT2D eigenvalue weighted by atomic mass is 9.96. The molecule has 1 atom stereocenters. The van der Waals surface area contributed by atoms with Crippen LogP contribution in [0.2, 0.25) is 0 Å². The summed E-state index contributed by atoms with van der Waals surface area (Å²) in [4.78, 5) is 33.9. The molecule has 1 aliphatic heterocycles. The number of benzene rings is 1. The van der Waals surface area contributed by atoms with Crippen molar-refractivity contribution in [1.82, 2.24) is 19.2 Å². The summed E-state index contributed by atoms with van der Waals surface area (Å²) in [6, 6.07) is 8.59. The van der Waals surface area contributed by atoms with Crippen molar-refractivity contribution in [1.29, 1.82) is 0 Å². The Kier molecular flexibility index (Phi) is 5.56. The van der Waals surface area contributed by atoms with Crippen LogP contribution in [0.5, 0.6) is 0 Å². The first kappa shape index (κ1) is 21.7. The average molecular weight is 436 g/mol. The zero-order chi connectivity index (χ0) is 23.2. The maximum atomic E-state index is 14.1. The van der Waals surface area contributed by atoms with Gasteiger partial charge in [0.15, 0.2) is 5.76 Å². The molecule has 1 fully saturated rings. The van der Waals surface area contributed by atoms with Crippen molar-refractivity contribution in [3.63, 3.8) is 0 Å². The fourth-order valence-electron chi connectivity index (χ4n) is 4.17. The van der Waals surface area contributed by atoms with Crippen LogP contribution in [0.1, 0.15) is 28.6 Å². The van der Waals surface area contributed by atoms with Gasteiger partial charge in [0.25, 0.3) is 11.7 Å². The molecule has 3 heterocycles. The number of hydrogen-bond donors (Lipinski definition) is 1. The normalized spacial score (nSPS) is 18.3. The molecule has 1 N–H and O–H groups in total. The molecule has 0 unspecified atom stereocenters. The number of aromatic nitrogens is 2. The highest BCUT2D eigenvalue weighted by Gasteiger charge is 2.46. The minimum absolute atomic E-state index is 0.0641. The second kappa shape index (κ2) is 8.20. The zero-order valence-electron chi connectivity index (χ0n) is 18.5.